The lowest BCUT2D eigenvalue weighted by Gasteiger charge is -2.02. The van der Waals surface area contributed by atoms with E-state index in [0.29, 0.717) is 6.42 Å². The van der Waals surface area contributed by atoms with Crippen LogP contribution < -0.4 is 0 Å². The van der Waals surface area contributed by atoms with E-state index in [9.17, 15) is 4.79 Å². The van der Waals surface area contributed by atoms with E-state index in [1.807, 2.05) is 20.2 Å². The third-order valence-electron chi connectivity index (χ3n) is 1.81. The first-order valence-electron chi connectivity index (χ1n) is 3.90. The summed E-state index contributed by atoms with van der Waals surface area (Å²) >= 11 is 3.96. The van der Waals surface area contributed by atoms with E-state index in [1.165, 1.54) is 0 Å². The fourth-order valence-corrected chi connectivity index (χ4v) is 1.34. The number of thiol groups is 1. The first kappa shape index (κ1) is 10.1. The minimum atomic E-state index is -0.897. The van der Waals surface area contributed by atoms with Gasteiger partial charge in [0.1, 0.15) is 5.25 Å². The Balaban J connectivity index is 2.74. The molecule has 0 radical (unpaired) electrons. The van der Waals surface area contributed by atoms with E-state index in [-0.39, 0.29) is 0 Å². The number of aliphatic carboxylic acids is 1. The average Bonchev–Trinajstić information content (AvgIpc) is 2.30. The van der Waals surface area contributed by atoms with Crippen molar-refractivity contribution in [2.75, 3.05) is 0 Å². The second-order valence-corrected chi connectivity index (χ2v) is 3.59. The van der Waals surface area contributed by atoms with Gasteiger partial charge >= 0.3 is 5.97 Å². The van der Waals surface area contributed by atoms with Gasteiger partial charge in [-0.1, -0.05) is 0 Å². The van der Waals surface area contributed by atoms with Crippen molar-refractivity contribution < 1.29 is 9.90 Å². The molecule has 0 aliphatic rings. The lowest BCUT2D eigenvalue weighted by atomic mass is 10.1. The summed E-state index contributed by atoms with van der Waals surface area (Å²) < 4.78 is 1.67. The molecule has 0 fully saturated rings. The van der Waals surface area contributed by atoms with E-state index in [1.54, 1.807) is 4.68 Å². The quantitative estimate of drug-likeness (QED) is 0.704. The number of carboxylic acids is 1. The minimum absolute atomic E-state index is 0.415. The van der Waals surface area contributed by atoms with Crippen LogP contribution in [0.25, 0.3) is 0 Å². The molecule has 0 aliphatic heterocycles. The number of carboxylic acid groups (broad SMARTS) is 1. The van der Waals surface area contributed by atoms with Crippen molar-refractivity contribution in [1.82, 2.24) is 9.78 Å². The summed E-state index contributed by atoms with van der Waals surface area (Å²) in [5.74, 6) is -0.897. The van der Waals surface area contributed by atoms with Crippen LogP contribution in [-0.2, 0) is 18.3 Å². The summed E-state index contributed by atoms with van der Waals surface area (Å²) in [5.41, 5.74) is 1.80. The second-order valence-electron chi connectivity index (χ2n) is 2.97. The standard InChI is InChI=1S/C8H12N2O2S/c1-5-6(4-10(2)9-5)3-7(13)8(11)12/h4,7,13H,3H2,1-2H3,(H,11,12). The number of carbonyl (C=O) groups is 1. The highest BCUT2D eigenvalue weighted by molar-refractivity contribution is 7.81. The highest BCUT2D eigenvalue weighted by Crippen LogP contribution is 2.11. The molecule has 0 spiro atoms. The van der Waals surface area contributed by atoms with Crippen molar-refractivity contribution >= 4 is 18.6 Å². The highest BCUT2D eigenvalue weighted by atomic mass is 32.1. The Morgan fingerprint density at radius 1 is 1.85 bits per heavy atom. The zero-order valence-corrected chi connectivity index (χ0v) is 8.45. The zero-order chi connectivity index (χ0) is 10.0. The van der Waals surface area contributed by atoms with Crippen LogP contribution in [0.15, 0.2) is 6.20 Å². The molecule has 0 aliphatic carbocycles. The number of hydrogen-bond acceptors (Lipinski definition) is 3. The molecule has 0 bridgehead atoms. The first-order chi connectivity index (χ1) is 6.00. The lowest BCUT2D eigenvalue weighted by molar-refractivity contribution is -0.136. The van der Waals surface area contributed by atoms with Crippen LogP contribution in [0.1, 0.15) is 11.3 Å². The van der Waals surface area contributed by atoms with Crippen molar-refractivity contribution in [2.24, 2.45) is 7.05 Å². The summed E-state index contributed by atoms with van der Waals surface area (Å²) in [6, 6.07) is 0. The van der Waals surface area contributed by atoms with Gasteiger partial charge < -0.3 is 5.11 Å². The molecule has 1 aromatic heterocycles. The third-order valence-corrected chi connectivity index (χ3v) is 2.22. The minimum Gasteiger partial charge on any atom is -0.480 e. The molecule has 1 unspecified atom stereocenters. The Labute approximate surface area is 82.0 Å². The molecule has 1 aromatic rings. The van der Waals surface area contributed by atoms with Gasteiger partial charge in [-0.15, -0.1) is 0 Å². The van der Waals surface area contributed by atoms with Gasteiger partial charge in [0.25, 0.3) is 0 Å². The molecule has 1 N–H and O–H groups in total. The van der Waals surface area contributed by atoms with E-state index >= 15 is 0 Å². The van der Waals surface area contributed by atoms with Gasteiger partial charge in [0.05, 0.1) is 5.69 Å². The second kappa shape index (κ2) is 3.83. The SMILES string of the molecule is Cc1nn(C)cc1CC(S)C(=O)O. The van der Waals surface area contributed by atoms with Gasteiger partial charge in [0.2, 0.25) is 0 Å². The molecular formula is C8H12N2O2S. The van der Waals surface area contributed by atoms with Crippen molar-refractivity contribution in [1.29, 1.82) is 0 Å². The van der Waals surface area contributed by atoms with E-state index in [0.717, 1.165) is 11.3 Å². The van der Waals surface area contributed by atoms with Crippen LogP contribution in [0.5, 0.6) is 0 Å². The number of aryl methyl sites for hydroxylation is 2. The Kier molecular flexibility index (Phi) is 2.98. The Hall–Kier alpha value is -0.970. The highest BCUT2D eigenvalue weighted by Gasteiger charge is 2.15. The summed E-state index contributed by atoms with van der Waals surface area (Å²) in [6.45, 7) is 1.86. The van der Waals surface area contributed by atoms with Gasteiger partial charge in [-0.25, -0.2) is 0 Å². The smallest absolute Gasteiger partial charge is 0.316 e. The number of aromatic nitrogens is 2. The predicted molar refractivity (Wildman–Crippen MR) is 52.1 cm³/mol. The van der Waals surface area contributed by atoms with Crippen LogP contribution in [0.4, 0.5) is 0 Å². The topological polar surface area (TPSA) is 55.1 Å². The fourth-order valence-electron chi connectivity index (χ4n) is 1.14. The third kappa shape index (κ3) is 2.48. The van der Waals surface area contributed by atoms with E-state index in [4.69, 9.17) is 5.11 Å². The zero-order valence-electron chi connectivity index (χ0n) is 7.56. The summed E-state index contributed by atoms with van der Waals surface area (Å²) in [4.78, 5) is 10.5. The molecule has 0 aromatic carbocycles. The Bertz CT molecular complexity index is 322. The van der Waals surface area contributed by atoms with Gasteiger partial charge in [0, 0.05) is 13.2 Å². The summed E-state index contributed by atoms with van der Waals surface area (Å²) in [7, 11) is 1.81. The summed E-state index contributed by atoms with van der Waals surface area (Å²) in [5, 5.41) is 12.1. The van der Waals surface area contributed by atoms with Crippen LogP contribution in [0.3, 0.4) is 0 Å². The molecule has 1 atom stereocenters. The average molecular weight is 200 g/mol. The number of rotatable bonds is 3. The Morgan fingerprint density at radius 2 is 2.46 bits per heavy atom. The Morgan fingerprint density at radius 3 is 2.85 bits per heavy atom. The molecule has 0 amide bonds. The molecule has 4 nitrogen and oxygen atoms in total. The molecule has 72 valence electrons. The van der Waals surface area contributed by atoms with Crippen molar-refractivity contribution in [3.8, 4) is 0 Å². The number of nitrogens with zero attached hydrogens (tertiary/aromatic N) is 2. The molecule has 0 saturated carbocycles. The molecule has 13 heavy (non-hydrogen) atoms. The maximum atomic E-state index is 10.5. The summed E-state index contributed by atoms with van der Waals surface area (Å²) in [6.07, 6.45) is 2.24. The lowest BCUT2D eigenvalue weighted by Crippen LogP contribution is -2.16. The first-order valence-corrected chi connectivity index (χ1v) is 4.42. The van der Waals surface area contributed by atoms with Gasteiger partial charge in [0.15, 0.2) is 0 Å². The van der Waals surface area contributed by atoms with E-state index < -0.39 is 11.2 Å². The van der Waals surface area contributed by atoms with Gasteiger partial charge in [-0.05, 0) is 18.9 Å². The maximum absolute atomic E-state index is 10.5. The maximum Gasteiger partial charge on any atom is 0.316 e. The van der Waals surface area contributed by atoms with Crippen molar-refractivity contribution in [3.05, 3.63) is 17.5 Å². The van der Waals surface area contributed by atoms with Gasteiger partial charge in [-0.3, -0.25) is 9.48 Å². The predicted octanol–water partition coefficient (Wildman–Crippen LogP) is 0.654. The number of hydrogen-bond donors (Lipinski definition) is 2. The largest absolute Gasteiger partial charge is 0.480 e. The molecule has 1 heterocycles. The molecule has 1 rings (SSSR count). The van der Waals surface area contributed by atoms with Crippen LogP contribution in [0, 0.1) is 6.92 Å². The monoisotopic (exact) mass is 200 g/mol. The molecule has 5 heteroatoms. The van der Waals surface area contributed by atoms with Crippen molar-refractivity contribution in [2.45, 2.75) is 18.6 Å². The van der Waals surface area contributed by atoms with Crippen molar-refractivity contribution in [3.63, 3.8) is 0 Å². The molecular weight excluding hydrogens is 188 g/mol. The van der Waals surface area contributed by atoms with Gasteiger partial charge in [-0.2, -0.15) is 17.7 Å². The van der Waals surface area contributed by atoms with Crippen LogP contribution in [0.2, 0.25) is 0 Å². The van der Waals surface area contributed by atoms with Crippen LogP contribution >= 0.6 is 12.6 Å². The van der Waals surface area contributed by atoms with E-state index in [2.05, 4.69) is 17.7 Å². The normalized spacial score (nSPS) is 12.8. The molecule has 0 saturated heterocycles. The van der Waals surface area contributed by atoms with Crippen LogP contribution in [-0.4, -0.2) is 26.1 Å². The fraction of sp³-hybridized carbons (Fsp3) is 0.500.